The molecule has 22 heteroatoms. The molecule has 5 aliphatic heterocycles. The predicted octanol–water partition coefficient (Wildman–Crippen LogP) is 3.68. The highest BCUT2D eigenvalue weighted by atomic mass is 31.0. The van der Waals surface area contributed by atoms with E-state index in [1.54, 1.807) is 29.2 Å². The number of benzene rings is 3. The number of pyridine rings is 1. The third kappa shape index (κ3) is 13.3. The van der Waals surface area contributed by atoms with E-state index in [1.165, 1.54) is 25.1 Å². The monoisotopic (exact) mass is 1170 g/mol. The molecule has 6 unspecified atom stereocenters. The lowest BCUT2D eigenvalue weighted by atomic mass is 9.94. The Bertz CT molecular complexity index is 3270. The minimum Gasteiger partial charge on any atom is -0.461 e. The van der Waals surface area contributed by atoms with E-state index in [9.17, 15) is 29.1 Å². The number of rotatable bonds is 21. The Morgan fingerprint density at radius 2 is 1.79 bits per heavy atom. The van der Waals surface area contributed by atoms with Gasteiger partial charge in [0.05, 0.1) is 45.9 Å². The fraction of sp³-hybridized carbons (Fsp3) is 0.468. The van der Waals surface area contributed by atoms with Crippen molar-refractivity contribution in [2.75, 3.05) is 103 Å². The number of piperazine rings is 1. The summed E-state index contributed by atoms with van der Waals surface area (Å²) < 4.78 is 22.0. The first-order chi connectivity index (χ1) is 40.8. The lowest BCUT2D eigenvalue weighted by Crippen LogP contribution is -2.51. The van der Waals surface area contributed by atoms with Crippen LogP contribution in [0.5, 0.6) is 6.01 Å². The molecule has 5 aromatic rings. The Kier molecular flexibility index (Phi) is 21.3. The fourth-order valence-electron chi connectivity index (χ4n) is 12.9. The van der Waals surface area contributed by atoms with Gasteiger partial charge < -0.3 is 60.1 Å². The third-order valence-electron chi connectivity index (χ3n) is 17.2. The zero-order valence-electron chi connectivity index (χ0n) is 48.2. The molecule has 5 N–H and O–H groups in total. The first-order valence-corrected chi connectivity index (χ1v) is 29.2. The molecular formula is C62H77FN11O9P. The number of likely N-dealkylation sites (N-methyl/N-ethyl adjacent to an activating group) is 1. The lowest BCUT2D eigenvalue weighted by Gasteiger charge is -2.36. The number of hydrogen-bond donors (Lipinski definition) is 5. The number of aldehydes is 2. The molecule has 7 heterocycles. The van der Waals surface area contributed by atoms with Crippen LogP contribution in [0.25, 0.3) is 32.9 Å². The van der Waals surface area contributed by atoms with Crippen LogP contribution in [0.15, 0.2) is 66.9 Å². The maximum absolute atomic E-state index is 15.2. The summed E-state index contributed by atoms with van der Waals surface area (Å²) in [5.41, 5.74) is 4.09. The van der Waals surface area contributed by atoms with Gasteiger partial charge in [0.25, 0.3) is 5.91 Å². The highest BCUT2D eigenvalue weighted by molar-refractivity contribution is 7.28. The Morgan fingerprint density at radius 3 is 2.48 bits per heavy atom. The van der Waals surface area contributed by atoms with Crippen molar-refractivity contribution in [3.63, 3.8) is 0 Å². The van der Waals surface area contributed by atoms with Crippen LogP contribution in [0.2, 0.25) is 0 Å². The topological polar surface area (TPSA) is 243 Å². The maximum atomic E-state index is 15.2. The van der Waals surface area contributed by atoms with E-state index < -0.39 is 17.8 Å². The van der Waals surface area contributed by atoms with Crippen molar-refractivity contribution in [3.05, 3.63) is 89.4 Å². The van der Waals surface area contributed by atoms with E-state index in [0.29, 0.717) is 99.0 Å². The molecular weight excluding hydrogens is 1090 g/mol. The molecule has 0 spiro atoms. The van der Waals surface area contributed by atoms with Crippen molar-refractivity contribution in [1.82, 2.24) is 45.6 Å². The number of hydrogen-bond acceptors (Lipinski definition) is 17. The summed E-state index contributed by atoms with van der Waals surface area (Å²) in [7, 11) is 6.83. The Hall–Kier alpha value is -7.31. The second-order valence-corrected chi connectivity index (χ2v) is 22.7. The van der Waals surface area contributed by atoms with Gasteiger partial charge in [0.15, 0.2) is 6.29 Å². The van der Waals surface area contributed by atoms with Gasteiger partial charge in [-0.25, -0.2) is 4.39 Å². The van der Waals surface area contributed by atoms with Crippen LogP contribution in [0.1, 0.15) is 84.1 Å². The van der Waals surface area contributed by atoms with Gasteiger partial charge in [-0.3, -0.25) is 29.1 Å². The fourth-order valence-corrected chi connectivity index (χ4v) is 13.4. The SMILES string of the molecule is C#Cc1c(F)ccc2cccc(-c3ncc4c(N5CC6CCC(C5)N6)nc(OCC56CCC(CNCCN(CCO)C(=O)C7CCN(c8ccc(C=O)c(C(=O)N(C)C(C=O)CCC(=O)NC)c8)CC7)N5CC(=C)C6)nc4c3P)c12.C=O.CO. The Morgan fingerprint density at radius 1 is 1.04 bits per heavy atom. The van der Waals surface area contributed by atoms with Gasteiger partial charge in [0.2, 0.25) is 11.8 Å². The summed E-state index contributed by atoms with van der Waals surface area (Å²) in [6, 6.07) is 14.2. The molecule has 3 aromatic carbocycles. The summed E-state index contributed by atoms with van der Waals surface area (Å²) in [6.45, 7) is 11.9. The Balaban J connectivity index is 0.00000225. The number of ether oxygens (including phenoxy) is 1. The van der Waals surface area contributed by atoms with E-state index in [2.05, 4.69) is 52.4 Å². The second kappa shape index (κ2) is 28.5. The summed E-state index contributed by atoms with van der Waals surface area (Å²) in [5, 5.41) is 29.9. The zero-order chi connectivity index (χ0) is 60.2. The van der Waals surface area contributed by atoms with Gasteiger partial charge in [-0.1, -0.05) is 42.3 Å². The molecule has 2 bridgehead atoms. The van der Waals surface area contributed by atoms with Gasteiger partial charge in [-0.05, 0) is 81.0 Å². The minimum absolute atomic E-state index is 0.00883. The van der Waals surface area contributed by atoms with Gasteiger partial charge in [-0.2, -0.15) is 9.97 Å². The number of piperidine rings is 1. The van der Waals surface area contributed by atoms with Gasteiger partial charge >= 0.3 is 6.01 Å². The molecule has 446 valence electrons. The summed E-state index contributed by atoms with van der Waals surface area (Å²) >= 11 is 0. The van der Waals surface area contributed by atoms with Gasteiger partial charge in [0.1, 0.15) is 31.3 Å². The van der Waals surface area contributed by atoms with Crippen LogP contribution in [0, 0.1) is 24.1 Å². The standard InChI is InChI=1S/C60H71FN11O7P.CH4O.CH2O/c1-5-46-50(61)15-10-38-7-6-8-47(52(38)46)53-55(80)54-49(30-64-53)56(71-32-41-11-12-42(33-71)65-41)67-59(66-54)79-36-60-20-17-44(72(60)31-37(2)28-60)29-63-21-24-70(25-26-73)57(77)39-18-22-69(23-19-39)43-13-9-40(34-74)48(27-43)58(78)68(4)45(35-75)14-16-51(76)62-3;2*1-2/h1,6-10,13,15,27,30,34-35,39,41-42,44-45,63,65,73H,2,11-12,14,16-26,28-29,31-33,36,80H2,3-4H3,(H,62,76);2H,1H3;1H2. The van der Waals surface area contributed by atoms with Crippen molar-refractivity contribution < 1.29 is 48.1 Å². The van der Waals surface area contributed by atoms with E-state index in [0.717, 1.165) is 92.0 Å². The molecule has 5 fully saturated rings. The van der Waals surface area contributed by atoms with E-state index in [1.807, 2.05) is 31.2 Å². The van der Waals surface area contributed by atoms with Crippen molar-refractivity contribution in [2.24, 2.45) is 5.92 Å². The number of terminal acetylenes is 1. The number of nitrogens with zero attached hydrogens (tertiary/aromatic N) is 8. The molecule has 5 saturated heterocycles. The van der Waals surface area contributed by atoms with Gasteiger partial charge in [0, 0.05) is 144 Å². The average molecular weight is 1170 g/mol. The summed E-state index contributed by atoms with van der Waals surface area (Å²) in [6.07, 6.45) is 15.1. The smallest absolute Gasteiger partial charge is 0.319 e. The quantitative estimate of drug-likeness (QED) is 0.0231. The van der Waals surface area contributed by atoms with Crippen molar-refractivity contribution in [1.29, 1.82) is 0 Å². The molecule has 20 nitrogen and oxygen atoms in total. The predicted molar refractivity (Wildman–Crippen MR) is 325 cm³/mol. The van der Waals surface area contributed by atoms with Gasteiger partial charge in [-0.15, -0.1) is 15.7 Å². The molecule has 84 heavy (non-hydrogen) atoms. The molecule has 0 radical (unpaired) electrons. The zero-order valence-corrected chi connectivity index (χ0v) is 49.3. The molecule has 5 aliphatic rings. The minimum atomic E-state index is -0.853. The highest BCUT2D eigenvalue weighted by Crippen LogP contribution is 2.45. The van der Waals surface area contributed by atoms with E-state index in [-0.39, 0.29) is 78.0 Å². The number of fused-ring (bicyclic) bond motifs is 5. The number of amides is 3. The summed E-state index contributed by atoms with van der Waals surface area (Å²) in [4.78, 5) is 96.8. The van der Waals surface area contributed by atoms with Crippen molar-refractivity contribution in [2.45, 2.75) is 87.5 Å². The van der Waals surface area contributed by atoms with Crippen LogP contribution < -0.4 is 35.8 Å². The Labute approximate surface area is 492 Å². The number of carbonyl (C=O) groups excluding carboxylic acids is 6. The lowest BCUT2D eigenvalue weighted by molar-refractivity contribution is -0.136. The number of nitrogens with one attached hydrogen (secondary N) is 3. The first kappa shape index (κ1) is 62.7. The normalized spacial score (nSPS) is 20.5. The van der Waals surface area contributed by atoms with Crippen LogP contribution in [0.3, 0.4) is 0 Å². The van der Waals surface area contributed by atoms with Crippen LogP contribution in [-0.4, -0.2) is 200 Å². The molecule has 0 aliphatic carbocycles. The van der Waals surface area contributed by atoms with Crippen LogP contribution >= 0.6 is 9.24 Å². The highest BCUT2D eigenvalue weighted by Gasteiger charge is 2.51. The first-order valence-electron chi connectivity index (χ1n) is 28.6. The molecule has 3 amide bonds. The second-order valence-electron chi connectivity index (χ2n) is 22.1. The third-order valence-corrected chi connectivity index (χ3v) is 17.8. The van der Waals surface area contributed by atoms with Crippen molar-refractivity contribution in [3.8, 4) is 29.6 Å². The maximum Gasteiger partial charge on any atom is 0.319 e. The number of aliphatic hydroxyl groups excluding tert-OH is 2. The summed E-state index contributed by atoms with van der Waals surface area (Å²) in [5.74, 6) is 1.87. The average Bonchev–Trinajstić information content (AvgIpc) is 2.22. The van der Waals surface area contributed by atoms with Crippen LogP contribution in [-0.2, 0) is 19.2 Å². The molecule has 2 aromatic heterocycles. The number of halogens is 1. The number of anilines is 2. The number of carbonyl (C=O) groups is 6. The van der Waals surface area contributed by atoms with E-state index >= 15 is 4.39 Å². The molecule has 10 rings (SSSR count). The largest absolute Gasteiger partial charge is 0.461 e. The molecule has 6 atom stereocenters. The number of aliphatic hydroxyl groups is 2. The molecule has 0 saturated carbocycles. The van der Waals surface area contributed by atoms with Crippen molar-refractivity contribution >= 4 is 84.8 Å². The number of aromatic nitrogens is 3. The van der Waals surface area contributed by atoms with E-state index in [4.69, 9.17) is 36.0 Å². The van der Waals surface area contributed by atoms with Crippen LogP contribution in [0.4, 0.5) is 15.9 Å².